The van der Waals surface area contributed by atoms with Crippen LogP contribution in [0.4, 0.5) is 0 Å². The van der Waals surface area contributed by atoms with Gasteiger partial charge in [0.25, 0.3) is 0 Å². The summed E-state index contributed by atoms with van der Waals surface area (Å²) in [5.41, 5.74) is 1.30. The van der Waals surface area contributed by atoms with Gasteiger partial charge >= 0.3 is 5.97 Å². The summed E-state index contributed by atoms with van der Waals surface area (Å²) in [4.78, 5) is 14.6. The third-order valence-electron chi connectivity index (χ3n) is 4.70. The van der Waals surface area contributed by atoms with Crippen molar-refractivity contribution in [3.63, 3.8) is 0 Å². The molecule has 0 saturated carbocycles. The van der Waals surface area contributed by atoms with E-state index in [2.05, 4.69) is 18.5 Å². The van der Waals surface area contributed by atoms with E-state index >= 15 is 0 Å². The molecule has 2 saturated heterocycles. The molecule has 0 aromatic heterocycles. The van der Waals surface area contributed by atoms with Gasteiger partial charge in [0, 0.05) is 24.9 Å². The van der Waals surface area contributed by atoms with Gasteiger partial charge in [0.15, 0.2) is 0 Å². The van der Waals surface area contributed by atoms with Crippen molar-refractivity contribution in [1.29, 1.82) is 0 Å². The van der Waals surface area contributed by atoms with E-state index in [9.17, 15) is 4.79 Å². The maximum atomic E-state index is 12.2. The Morgan fingerprint density at radius 1 is 1.20 bits per heavy atom. The van der Waals surface area contributed by atoms with Gasteiger partial charge in [0.1, 0.15) is 6.10 Å². The second-order valence-corrected chi connectivity index (χ2v) is 5.89. The number of carbonyl (C=O) groups excluding carboxylic acids is 1. The number of carbonyl (C=O) groups is 1. The van der Waals surface area contributed by atoms with E-state index in [4.69, 9.17) is 4.74 Å². The molecular formula is C17H21NO2. The Balaban J connectivity index is 1.61. The summed E-state index contributed by atoms with van der Waals surface area (Å²) in [6.45, 7) is 3.87. The predicted molar refractivity (Wildman–Crippen MR) is 79.2 cm³/mol. The van der Waals surface area contributed by atoms with Crippen LogP contribution in [0.5, 0.6) is 0 Å². The number of piperidine rings is 1. The summed E-state index contributed by atoms with van der Waals surface area (Å²) >= 11 is 0. The van der Waals surface area contributed by atoms with Crippen molar-refractivity contribution in [2.24, 2.45) is 0 Å². The lowest BCUT2D eigenvalue weighted by atomic mass is 10.0. The summed E-state index contributed by atoms with van der Waals surface area (Å²) in [6.07, 6.45) is 4.43. The van der Waals surface area contributed by atoms with Crippen molar-refractivity contribution in [3.05, 3.63) is 42.5 Å². The van der Waals surface area contributed by atoms with Crippen molar-refractivity contribution in [1.82, 2.24) is 4.90 Å². The van der Waals surface area contributed by atoms with Crippen molar-refractivity contribution >= 4 is 11.5 Å². The molecular weight excluding hydrogens is 250 g/mol. The predicted octanol–water partition coefficient (Wildman–Crippen LogP) is 2.87. The first-order chi connectivity index (χ1) is 9.65. The number of fused-ring (bicyclic) bond motifs is 2. The zero-order valence-electron chi connectivity index (χ0n) is 11.9. The van der Waals surface area contributed by atoms with Gasteiger partial charge in [-0.15, -0.1) is 0 Å². The van der Waals surface area contributed by atoms with Gasteiger partial charge in [0.05, 0.1) is 5.57 Å². The lowest BCUT2D eigenvalue weighted by Gasteiger charge is -2.35. The van der Waals surface area contributed by atoms with Crippen LogP contribution >= 0.6 is 0 Å². The second kappa shape index (κ2) is 5.41. The lowest BCUT2D eigenvalue weighted by Crippen LogP contribution is -2.43. The number of nitrogens with zero attached hydrogens (tertiary/aromatic N) is 1. The van der Waals surface area contributed by atoms with E-state index in [0.29, 0.717) is 17.7 Å². The number of hydrogen-bond acceptors (Lipinski definition) is 3. The minimum absolute atomic E-state index is 0.0525. The third kappa shape index (κ3) is 2.50. The van der Waals surface area contributed by atoms with Crippen molar-refractivity contribution in [2.45, 2.75) is 43.9 Å². The minimum atomic E-state index is -0.273. The number of rotatable bonds is 3. The van der Waals surface area contributed by atoms with Gasteiger partial charge in [-0.2, -0.15) is 0 Å². The maximum Gasteiger partial charge on any atom is 0.338 e. The molecule has 2 fully saturated rings. The van der Waals surface area contributed by atoms with Gasteiger partial charge in [-0.25, -0.2) is 4.79 Å². The number of ether oxygens (including phenoxy) is 1. The highest BCUT2D eigenvalue weighted by Crippen LogP contribution is 2.35. The van der Waals surface area contributed by atoms with Crippen LogP contribution in [0.1, 0.15) is 31.2 Å². The molecule has 1 aromatic carbocycles. The molecule has 0 spiro atoms. The standard InChI is InChI=1S/C17H21NO2/c1-12(13-6-4-3-5-7-13)17(19)20-16-10-14-8-9-15(11-16)18(14)2/h3-7,14-16H,1,8-11H2,2H3/t14-,15-/m1/s1. The monoisotopic (exact) mass is 271 g/mol. The molecule has 0 radical (unpaired) electrons. The molecule has 3 heteroatoms. The van der Waals surface area contributed by atoms with Crippen LogP contribution in [-0.2, 0) is 9.53 Å². The van der Waals surface area contributed by atoms with Crippen LogP contribution in [0.2, 0.25) is 0 Å². The number of benzene rings is 1. The Kier molecular flexibility index (Phi) is 3.62. The van der Waals surface area contributed by atoms with Crippen LogP contribution < -0.4 is 0 Å². The molecule has 2 aliphatic heterocycles. The minimum Gasteiger partial charge on any atom is -0.459 e. The Hall–Kier alpha value is -1.61. The SMILES string of the molecule is C=C(C(=O)OC1C[C@H]2CC[C@H](C1)N2C)c1ccccc1. The van der Waals surface area contributed by atoms with Crippen LogP contribution in [0.15, 0.2) is 36.9 Å². The summed E-state index contributed by atoms with van der Waals surface area (Å²) in [5, 5.41) is 0. The summed E-state index contributed by atoms with van der Waals surface area (Å²) in [5.74, 6) is -0.273. The summed E-state index contributed by atoms with van der Waals surface area (Å²) in [7, 11) is 2.18. The highest BCUT2D eigenvalue weighted by molar-refractivity contribution is 6.15. The smallest absolute Gasteiger partial charge is 0.338 e. The van der Waals surface area contributed by atoms with Gasteiger partial charge < -0.3 is 9.64 Å². The number of esters is 1. The highest BCUT2D eigenvalue weighted by Gasteiger charge is 2.39. The van der Waals surface area contributed by atoms with Crippen molar-refractivity contribution < 1.29 is 9.53 Å². The Morgan fingerprint density at radius 2 is 1.80 bits per heavy atom. The van der Waals surface area contributed by atoms with Gasteiger partial charge in [0.2, 0.25) is 0 Å². The topological polar surface area (TPSA) is 29.5 Å². The molecule has 106 valence electrons. The molecule has 0 aliphatic carbocycles. The highest BCUT2D eigenvalue weighted by atomic mass is 16.5. The van der Waals surface area contributed by atoms with E-state index in [-0.39, 0.29) is 12.1 Å². The zero-order chi connectivity index (χ0) is 14.1. The molecule has 0 amide bonds. The van der Waals surface area contributed by atoms with E-state index in [0.717, 1.165) is 18.4 Å². The number of hydrogen-bond donors (Lipinski definition) is 0. The second-order valence-electron chi connectivity index (χ2n) is 5.89. The van der Waals surface area contributed by atoms with Gasteiger partial charge in [-0.3, -0.25) is 0 Å². The van der Waals surface area contributed by atoms with Crippen molar-refractivity contribution in [3.8, 4) is 0 Å². The summed E-state index contributed by atoms with van der Waals surface area (Å²) in [6, 6.07) is 10.7. The van der Waals surface area contributed by atoms with E-state index in [1.165, 1.54) is 12.8 Å². The Labute approximate surface area is 120 Å². The van der Waals surface area contributed by atoms with Crippen LogP contribution in [-0.4, -0.2) is 36.1 Å². The quantitative estimate of drug-likeness (QED) is 0.625. The summed E-state index contributed by atoms with van der Waals surface area (Å²) < 4.78 is 5.67. The first kappa shape index (κ1) is 13.4. The molecule has 0 N–H and O–H groups in total. The molecule has 2 aliphatic rings. The molecule has 3 nitrogen and oxygen atoms in total. The van der Waals surface area contributed by atoms with Gasteiger partial charge in [-0.1, -0.05) is 36.9 Å². The fraction of sp³-hybridized carbons (Fsp3) is 0.471. The van der Waals surface area contributed by atoms with Crippen molar-refractivity contribution in [2.75, 3.05) is 7.05 Å². The Bertz CT molecular complexity index is 497. The molecule has 3 rings (SSSR count). The molecule has 2 atom stereocenters. The third-order valence-corrected chi connectivity index (χ3v) is 4.70. The fourth-order valence-corrected chi connectivity index (χ4v) is 3.44. The first-order valence-corrected chi connectivity index (χ1v) is 7.32. The Morgan fingerprint density at radius 3 is 2.40 bits per heavy atom. The fourth-order valence-electron chi connectivity index (χ4n) is 3.44. The molecule has 2 heterocycles. The zero-order valence-corrected chi connectivity index (χ0v) is 11.9. The average molecular weight is 271 g/mol. The van der Waals surface area contributed by atoms with E-state index in [1.54, 1.807) is 0 Å². The van der Waals surface area contributed by atoms with Crippen LogP contribution in [0.3, 0.4) is 0 Å². The molecule has 2 bridgehead atoms. The molecule has 1 aromatic rings. The van der Waals surface area contributed by atoms with Crippen LogP contribution in [0.25, 0.3) is 5.57 Å². The maximum absolute atomic E-state index is 12.2. The largest absolute Gasteiger partial charge is 0.459 e. The lowest BCUT2D eigenvalue weighted by molar-refractivity contribution is -0.145. The normalized spacial score (nSPS) is 29.1. The average Bonchev–Trinajstić information content (AvgIpc) is 2.69. The van der Waals surface area contributed by atoms with Gasteiger partial charge in [-0.05, 0) is 25.5 Å². The molecule has 0 unspecified atom stereocenters. The van der Waals surface area contributed by atoms with E-state index < -0.39 is 0 Å². The van der Waals surface area contributed by atoms with E-state index in [1.807, 2.05) is 30.3 Å². The first-order valence-electron chi connectivity index (χ1n) is 7.32. The molecule has 20 heavy (non-hydrogen) atoms. The van der Waals surface area contributed by atoms with Crippen LogP contribution in [0, 0.1) is 0 Å².